The summed E-state index contributed by atoms with van der Waals surface area (Å²) in [5.74, 6) is 0. The molecule has 1 fully saturated rings. The fourth-order valence-electron chi connectivity index (χ4n) is 2.53. The third kappa shape index (κ3) is 12.2. The molecule has 16 nitrogen and oxygen atoms in total. The average Bonchev–Trinajstić information content (AvgIpc) is 2.45. The maximum absolute atomic E-state index is 10.6. The highest BCUT2D eigenvalue weighted by Crippen LogP contribution is 2.55. The van der Waals surface area contributed by atoms with Crippen molar-refractivity contribution in [2.75, 3.05) is 0 Å². The summed E-state index contributed by atoms with van der Waals surface area (Å²) in [7, 11) is 0. The van der Waals surface area contributed by atoms with Crippen LogP contribution >= 0.6 is 33.6 Å². The second kappa shape index (κ2) is 11.6. The Balaban J connectivity index is 3.77. The minimum absolute atomic E-state index is 2.26. The summed E-state index contributed by atoms with van der Waals surface area (Å²) in [6, 6.07) is 0. The largest absolute Gasteiger partial charge is 0.387 e. The highest BCUT2D eigenvalue weighted by atomic mass is 32.5. The van der Waals surface area contributed by atoms with Crippen LogP contribution in [0.4, 0.5) is 0 Å². The number of hydrogen-bond donors (Lipinski definition) is 11. The summed E-state index contributed by atoms with van der Waals surface area (Å²) in [6.07, 6.45) is -13.7. The monoisotopic (exact) mass is 660 g/mol. The summed E-state index contributed by atoms with van der Waals surface area (Å²) in [5.41, 5.74) is 0. The molecule has 0 aromatic carbocycles. The summed E-state index contributed by atoms with van der Waals surface area (Å²) < 4.78 is 23.7. The average molecular weight is 660 g/mol. The second-order valence-corrected chi connectivity index (χ2v) is 18.9. The molecule has 1 saturated carbocycles. The molecular weight excluding hydrogens is 643 g/mol. The molecule has 0 heterocycles. The van der Waals surface area contributed by atoms with Gasteiger partial charge in [-0.05, 0) is 59.0 Å². The summed E-state index contributed by atoms with van der Waals surface area (Å²) in [6.45, 7) is -23.8. The molecule has 6 atom stereocenters. The van der Waals surface area contributed by atoms with Crippen LogP contribution in [0.3, 0.4) is 0 Å². The van der Waals surface area contributed by atoms with Gasteiger partial charge in [-0.15, -0.1) is 0 Å². The van der Waals surface area contributed by atoms with E-state index >= 15 is 0 Å². The first kappa shape index (κ1) is 32.6. The quantitative estimate of drug-likeness (QED) is 0.107. The fraction of sp³-hybridized carbons (Fsp3) is 1.00. The Kier molecular flexibility index (Phi) is 11.8. The summed E-state index contributed by atoms with van der Waals surface area (Å²) >= 11 is 21.5. The smallest absolute Gasteiger partial charge is 0.322 e. The molecular formula is C6H17O16P5S5. The van der Waals surface area contributed by atoms with E-state index in [9.17, 15) is 54.0 Å². The van der Waals surface area contributed by atoms with E-state index in [2.05, 4.69) is 59.0 Å². The van der Waals surface area contributed by atoms with Crippen molar-refractivity contribution < 1.29 is 76.7 Å². The van der Waals surface area contributed by atoms with E-state index in [0.717, 1.165) is 0 Å². The van der Waals surface area contributed by atoms with Crippen molar-refractivity contribution in [1.82, 2.24) is 0 Å². The van der Waals surface area contributed by atoms with Gasteiger partial charge >= 0.3 is 33.6 Å². The molecule has 0 unspecified atom stereocenters. The Morgan fingerprint density at radius 3 is 0.719 bits per heavy atom. The van der Waals surface area contributed by atoms with Crippen molar-refractivity contribution in [3.8, 4) is 0 Å². The zero-order chi connectivity index (χ0) is 25.5. The lowest BCUT2D eigenvalue weighted by molar-refractivity contribution is -0.197. The van der Waals surface area contributed by atoms with Gasteiger partial charge in [-0.3, -0.25) is 22.6 Å². The van der Waals surface area contributed by atoms with Gasteiger partial charge in [0.05, 0.1) is 0 Å². The van der Waals surface area contributed by atoms with Crippen LogP contribution in [0.25, 0.3) is 0 Å². The molecule has 26 heteroatoms. The molecule has 0 saturated heterocycles. The normalized spacial score (nSPS) is 31.0. The Hall–Kier alpha value is 2.61. The second-order valence-electron chi connectivity index (χ2n) is 5.79. The highest BCUT2D eigenvalue weighted by molar-refractivity contribution is 8.07. The SMILES string of the molecule is O[C@H]1[C@@H](OP(O)(O)=S)[C@H](OP(O)(O)=S)[C@@H](OP(O)(O)=S)[C@H](OP(O)(O)=S)[C@H]1OP(O)(O)=S. The van der Waals surface area contributed by atoms with Gasteiger partial charge in [0.1, 0.15) is 36.6 Å². The number of hydrogen-bond acceptors (Lipinski definition) is 11. The number of aliphatic hydroxyl groups is 1. The third-order valence-electron chi connectivity index (χ3n) is 3.26. The van der Waals surface area contributed by atoms with E-state index < -0.39 is 70.2 Å². The van der Waals surface area contributed by atoms with Gasteiger partial charge in [-0.25, -0.2) is 0 Å². The number of rotatable bonds is 10. The molecule has 0 amide bonds. The summed E-state index contributed by atoms with van der Waals surface area (Å²) in [4.78, 5) is 95.5. The molecule has 0 bridgehead atoms. The first-order chi connectivity index (χ1) is 13.9. The van der Waals surface area contributed by atoms with Crippen LogP contribution in [0.5, 0.6) is 0 Å². The van der Waals surface area contributed by atoms with Crippen LogP contribution in [0.2, 0.25) is 0 Å². The minimum Gasteiger partial charge on any atom is -0.387 e. The maximum atomic E-state index is 10.6. The molecule has 0 aromatic heterocycles. The summed E-state index contributed by atoms with van der Waals surface area (Å²) in [5, 5.41) is 10.6. The van der Waals surface area contributed by atoms with Crippen LogP contribution in [0.15, 0.2) is 0 Å². The first-order valence-electron chi connectivity index (χ1n) is 7.26. The fourth-order valence-corrected chi connectivity index (χ4v) is 6.82. The Morgan fingerprint density at radius 2 is 0.531 bits per heavy atom. The molecule has 0 aliphatic heterocycles. The van der Waals surface area contributed by atoms with Crippen molar-refractivity contribution >= 4 is 92.6 Å². The molecule has 0 aromatic rings. The zero-order valence-corrected chi connectivity index (χ0v) is 23.3. The molecule has 0 radical (unpaired) electrons. The predicted octanol–water partition coefficient (Wildman–Crippen LogP) is -2.67. The van der Waals surface area contributed by atoms with Crippen LogP contribution in [0.1, 0.15) is 0 Å². The lowest BCUT2D eigenvalue weighted by atomic mass is 9.85. The van der Waals surface area contributed by atoms with Crippen molar-refractivity contribution in [2.45, 2.75) is 36.6 Å². The van der Waals surface area contributed by atoms with Gasteiger partial charge in [-0.1, -0.05) is 0 Å². The van der Waals surface area contributed by atoms with Gasteiger partial charge in [0.25, 0.3) is 0 Å². The molecule has 192 valence electrons. The van der Waals surface area contributed by atoms with Crippen LogP contribution in [-0.4, -0.2) is 90.7 Å². The van der Waals surface area contributed by atoms with Gasteiger partial charge in [0.15, 0.2) is 0 Å². The van der Waals surface area contributed by atoms with Crippen molar-refractivity contribution in [1.29, 1.82) is 0 Å². The minimum atomic E-state index is -4.79. The topological polar surface area (TPSA) is 269 Å². The Bertz CT molecular complexity index is 841. The van der Waals surface area contributed by atoms with E-state index in [4.69, 9.17) is 22.6 Å². The van der Waals surface area contributed by atoms with Crippen LogP contribution in [-0.2, 0) is 81.7 Å². The Labute approximate surface area is 205 Å². The van der Waals surface area contributed by atoms with E-state index in [-0.39, 0.29) is 0 Å². The lowest BCUT2D eigenvalue weighted by Crippen LogP contribution is -2.66. The molecule has 32 heavy (non-hydrogen) atoms. The molecule has 1 aliphatic rings. The van der Waals surface area contributed by atoms with Crippen molar-refractivity contribution in [2.24, 2.45) is 0 Å². The third-order valence-corrected chi connectivity index (χ3v) is 7.14. The predicted molar refractivity (Wildman–Crippen MR) is 124 cm³/mol. The van der Waals surface area contributed by atoms with Crippen molar-refractivity contribution in [3.05, 3.63) is 0 Å². The van der Waals surface area contributed by atoms with Crippen LogP contribution in [0, 0.1) is 0 Å². The molecule has 1 rings (SSSR count). The van der Waals surface area contributed by atoms with E-state index in [1.807, 2.05) is 0 Å². The standard InChI is InChI=1S/C6H17O16P5S5/c7-1-2(18-23(8,9)28)4(20-25(12,13)30)6(22-27(16,17)32)5(21-26(14,15)31)3(1)19-24(10,11)29/h1-7H,(H2,8,9,28)(H2,10,11,29)(H2,12,13,30)(H2,14,15,31)(H2,16,17,32)/t1-,2+,3-,4-,5+,6+. The van der Waals surface area contributed by atoms with Crippen LogP contribution < -0.4 is 0 Å². The first-order valence-corrected chi connectivity index (χ1v) is 20.4. The molecule has 1 aliphatic carbocycles. The molecule has 0 spiro atoms. The molecule has 11 N–H and O–H groups in total. The van der Waals surface area contributed by atoms with E-state index in [1.165, 1.54) is 0 Å². The van der Waals surface area contributed by atoms with Gasteiger partial charge in [-0.2, -0.15) is 0 Å². The zero-order valence-electron chi connectivity index (χ0n) is 14.7. The van der Waals surface area contributed by atoms with E-state index in [0.29, 0.717) is 0 Å². The van der Waals surface area contributed by atoms with Crippen molar-refractivity contribution in [3.63, 3.8) is 0 Å². The van der Waals surface area contributed by atoms with Gasteiger partial charge in [0.2, 0.25) is 0 Å². The van der Waals surface area contributed by atoms with Gasteiger partial charge in [0, 0.05) is 0 Å². The number of aliphatic hydroxyl groups excluding tert-OH is 1. The van der Waals surface area contributed by atoms with E-state index in [1.54, 1.807) is 0 Å². The Morgan fingerprint density at radius 1 is 0.375 bits per heavy atom. The van der Waals surface area contributed by atoms with Gasteiger partial charge < -0.3 is 54.0 Å². The lowest BCUT2D eigenvalue weighted by Gasteiger charge is -2.48. The highest BCUT2D eigenvalue weighted by Gasteiger charge is 2.59. The maximum Gasteiger partial charge on any atom is 0.322 e.